The van der Waals surface area contributed by atoms with Crippen LogP contribution in [0.4, 0.5) is 5.69 Å². The number of carbonyl (C=O) groups is 2. The molecule has 3 aromatic rings. The maximum atomic E-state index is 12.7. The van der Waals surface area contributed by atoms with E-state index in [-0.39, 0.29) is 22.2 Å². The van der Waals surface area contributed by atoms with Crippen molar-refractivity contribution in [1.82, 2.24) is 4.98 Å². The average Bonchev–Trinajstić information content (AvgIpc) is 2.66. The number of nitrogens with one attached hydrogen (secondary N) is 2. The number of rotatable bonds is 5. The molecule has 1 heterocycles. The van der Waals surface area contributed by atoms with Gasteiger partial charge in [0.25, 0.3) is 0 Å². The molecule has 0 fully saturated rings. The predicted octanol–water partition coefficient (Wildman–Crippen LogP) is 3.70. The number of methoxy groups -OCH3 is 1. The first-order valence-electron chi connectivity index (χ1n) is 7.91. The molecule has 1 aromatic heterocycles. The molecule has 1 amide bonds. The van der Waals surface area contributed by atoms with Crippen LogP contribution in [0.25, 0.3) is 10.9 Å². The summed E-state index contributed by atoms with van der Waals surface area (Å²) in [5, 5.41) is 3.76. The molecule has 0 unspecified atom stereocenters. The summed E-state index contributed by atoms with van der Waals surface area (Å²) in [5.41, 5.74) is 0.532. The molecular weight excluding hydrogens is 388 g/mol. The van der Waals surface area contributed by atoms with Crippen molar-refractivity contribution >= 4 is 51.8 Å². The van der Waals surface area contributed by atoms with E-state index in [0.29, 0.717) is 21.6 Å². The third-order valence-electron chi connectivity index (χ3n) is 3.72. The summed E-state index contributed by atoms with van der Waals surface area (Å²) >= 11 is 7.03. The van der Waals surface area contributed by atoms with Crippen LogP contribution < -0.4 is 10.7 Å². The fourth-order valence-electron chi connectivity index (χ4n) is 2.49. The molecule has 27 heavy (non-hydrogen) atoms. The molecule has 0 bridgehead atoms. The molecule has 0 atom stereocenters. The monoisotopic (exact) mass is 402 g/mol. The van der Waals surface area contributed by atoms with E-state index in [1.807, 2.05) is 18.2 Å². The number of amides is 1. The minimum absolute atomic E-state index is 0.000894. The van der Waals surface area contributed by atoms with Crippen LogP contribution in [0.1, 0.15) is 10.4 Å². The quantitative estimate of drug-likeness (QED) is 0.502. The lowest BCUT2D eigenvalue weighted by atomic mass is 10.1. The molecule has 2 aromatic carbocycles. The minimum atomic E-state index is -0.765. The van der Waals surface area contributed by atoms with Gasteiger partial charge in [0.05, 0.1) is 23.4 Å². The van der Waals surface area contributed by atoms with Crippen molar-refractivity contribution in [3.8, 4) is 0 Å². The van der Waals surface area contributed by atoms with E-state index in [0.717, 1.165) is 11.8 Å². The highest BCUT2D eigenvalue weighted by molar-refractivity contribution is 8.00. The Labute approximate surface area is 163 Å². The van der Waals surface area contributed by atoms with Gasteiger partial charge < -0.3 is 15.0 Å². The van der Waals surface area contributed by atoms with E-state index in [1.165, 1.54) is 7.11 Å². The van der Waals surface area contributed by atoms with E-state index in [2.05, 4.69) is 10.3 Å². The number of carbonyl (C=O) groups excluding carboxylic acids is 2. The van der Waals surface area contributed by atoms with Crippen LogP contribution in [0.15, 0.2) is 58.4 Å². The molecule has 0 radical (unpaired) electrons. The zero-order valence-electron chi connectivity index (χ0n) is 14.2. The van der Waals surface area contributed by atoms with Crippen molar-refractivity contribution in [2.75, 3.05) is 18.2 Å². The molecule has 8 heteroatoms. The number of para-hydroxylation sites is 1. The second-order valence-corrected chi connectivity index (χ2v) is 6.96. The molecular formula is C19H15ClN2O4S. The Bertz CT molecular complexity index is 1070. The first-order chi connectivity index (χ1) is 13.0. The third kappa shape index (κ3) is 4.32. The fraction of sp³-hybridized carbons (Fsp3) is 0.105. The molecule has 0 saturated carbocycles. The van der Waals surface area contributed by atoms with Gasteiger partial charge in [-0.25, -0.2) is 4.79 Å². The highest BCUT2D eigenvalue weighted by Crippen LogP contribution is 2.24. The third-order valence-corrected chi connectivity index (χ3v) is 4.96. The summed E-state index contributed by atoms with van der Waals surface area (Å²) in [6.07, 6.45) is 0. The van der Waals surface area contributed by atoms with Crippen LogP contribution in [-0.4, -0.2) is 29.7 Å². The number of aromatic amines is 1. The molecule has 3 rings (SSSR count). The zero-order valence-corrected chi connectivity index (χ0v) is 15.8. The largest absolute Gasteiger partial charge is 0.465 e. The number of hydrogen-bond donors (Lipinski definition) is 2. The van der Waals surface area contributed by atoms with Gasteiger partial charge in [0.1, 0.15) is 5.56 Å². The van der Waals surface area contributed by atoms with Gasteiger partial charge in [-0.15, -0.1) is 0 Å². The molecule has 0 aliphatic heterocycles. The van der Waals surface area contributed by atoms with Crippen LogP contribution in [0.2, 0.25) is 5.02 Å². The Hall–Kier alpha value is -2.77. The number of fused-ring (bicyclic) bond motifs is 1. The van der Waals surface area contributed by atoms with E-state index in [1.54, 1.807) is 30.3 Å². The van der Waals surface area contributed by atoms with E-state index in [4.69, 9.17) is 16.3 Å². The van der Waals surface area contributed by atoms with Gasteiger partial charge in [-0.3, -0.25) is 9.59 Å². The highest BCUT2D eigenvalue weighted by atomic mass is 35.5. The predicted molar refractivity (Wildman–Crippen MR) is 107 cm³/mol. The van der Waals surface area contributed by atoms with Crippen LogP contribution in [-0.2, 0) is 9.53 Å². The van der Waals surface area contributed by atoms with Gasteiger partial charge >= 0.3 is 5.97 Å². The summed E-state index contributed by atoms with van der Waals surface area (Å²) in [6, 6.07) is 13.7. The molecule has 2 N–H and O–H groups in total. The molecule has 0 aliphatic carbocycles. The van der Waals surface area contributed by atoms with Crippen molar-refractivity contribution < 1.29 is 14.3 Å². The van der Waals surface area contributed by atoms with Crippen LogP contribution in [0, 0.1) is 0 Å². The summed E-state index contributed by atoms with van der Waals surface area (Å²) < 4.78 is 4.73. The Kier molecular flexibility index (Phi) is 5.83. The number of halogens is 1. The Morgan fingerprint density at radius 3 is 2.63 bits per heavy atom. The molecule has 0 aliphatic rings. The van der Waals surface area contributed by atoms with Gasteiger partial charge in [0, 0.05) is 16.1 Å². The number of pyridine rings is 1. The van der Waals surface area contributed by atoms with Gasteiger partial charge in [0.15, 0.2) is 0 Å². The second kappa shape index (κ2) is 8.28. The topological polar surface area (TPSA) is 88.3 Å². The second-order valence-electron chi connectivity index (χ2n) is 5.54. The van der Waals surface area contributed by atoms with Crippen molar-refractivity contribution in [2.45, 2.75) is 5.03 Å². The number of ether oxygens (including phenoxy) is 1. The lowest BCUT2D eigenvalue weighted by Gasteiger charge is -2.10. The van der Waals surface area contributed by atoms with Gasteiger partial charge in [0.2, 0.25) is 11.3 Å². The maximum absolute atomic E-state index is 12.7. The van der Waals surface area contributed by atoms with Gasteiger partial charge in [-0.05, 0) is 30.3 Å². The molecule has 0 spiro atoms. The standard InChI is InChI=1S/C19H15ClN2O4S/c1-26-19(25)16-17(24)13-8-7-11(20)9-14(13)22-18(16)27-10-15(23)21-12-5-3-2-4-6-12/h2-9H,10H2,1H3,(H,21,23)(H,22,24). The van der Waals surface area contributed by atoms with E-state index < -0.39 is 11.4 Å². The smallest absolute Gasteiger partial charge is 0.344 e. The first-order valence-corrected chi connectivity index (χ1v) is 9.27. The van der Waals surface area contributed by atoms with Crippen molar-refractivity contribution in [2.24, 2.45) is 0 Å². The normalized spacial score (nSPS) is 10.6. The zero-order chi connectivity index (χ0) is 19.4. The number of esters is 1. The molecule has 6 nitrogen and oxygen atoms in total. The molecule has 138 valence electrons. The summed E-state index contributed by atoms with van der Waals surface area (Å²) in [6.45, 7) is 0. The SMILES string of the molecule is COC(=O)c1c(SCC(=O)Nc2ccccc2)[nH]c2cc(Cl)ccc2c1=O. The Morgan fingerprint density at radius 1 is 1.19 bits per heavy atom. The molecule has 0 saturated heterocycles. The van der Waals surface area contributed by atoms with Crippen molar-refractivity contribution in [3.63, 3.8) is 0 Å². The number of anilines is 1. The number of hydrogen-bond acceptors (Lipinski definition) is 5. The summed E-state index contributed by atoms with van der Waals surface area (Å²) in [4.78, 5) is 40.0. The summed E-state index contributed by atoms with van der Waals surface area (Å²) in [5.74, 6) is -1.03. The van der Waals surface area contributed by atoms with Gasteiger partial charge in [-0.2, -0.15) is 0 Å². The van der Waals surface area contributed by atoms with E-state index in [9.17, 15) is 14.4 Å². The maximum Gasteiger partial charge on any atom is 0.344 e. The number of thioether (sulfide) groups is 1. The summed E-state index contributed by atoms with van der Waals surface area (Å²) in [7, 11) is 1.20. The number of aromatic nitrogens is 1. The Balaban J connectivity index is 1.91. The van der Waals surface area contributed by atoms with Crippen molar-refractivity contribution in [1.29, 1.82) is 0 Å². The van der Waals surface area contributed by atoms with Crippen molar-refractivity contribution in [3.05, 3.63) is 69.3 Å². The van der Waals surface area contributed by atoms with Gasteiger partial charge in [-0.1, -0.05) is 41.6 Å². The average molecular weight is 403 g/mol. The number of benzene rings is 2. The lowest BCUT2D eigenvalue weighted by Crippen LogP contribution is -2.20. The van der Waals surface area contributed by atoms with Crippen LogP contribution >= 0.6 is 23.4 Å². The van der Waals surface area contributed by atoms with Crippen LogP contribution in [0.5, 0.6) is 0 Å². The minimum Gasteiger partial charge on any atom is -0.465 e. The Morgan fingerprint density at radius 2 is 1.93 bits per heavy atom. The lowest BCUT2D eigenvalue weighted by molar-refractivity contribution is -0.113. The number of H-pyrrole nitrogens is 1. The van der Waals surface area contributed by atoms with Crippen LogP contribution in [0.3, 0.4) is 0 Å². The fourth-order valence-corrected chi connectivity index (χ4v) is 3.51. The highest BCUT2D eigenvalue weighted by Gasteiger charge is 2.21. The van der Waals surface area contributed by atoms with E-state index >= 15 is 0 Å². The first kappa shape index (κ1) is 19.0.